The first kappa shape index (κ1) is 12.5. The molecule has 3 nitrogen and oxygen atoms in total. The molecule has 0 saturated carbocycles. The third kappa shape index (κ3) is 3.19. The van der Waals surface area contributed by atoms with Crippen molar-refractivity contribution in [3.05, 3.63) is 33.3 Å². The summed E-state index contributed by atoms with van der Waals surface area (Å²) in [6.45, 7) is 1.92. The summed E-state index contributed by atoms with van der Waals surface area (Å²) >= 11 is 9.05. The van der Waals surface area contributed by atoms with Gasteiger partial charge in [-0.3, -0.25) is 0 Å². The molecule has 0 saturated heterocycles. The van der Waals surface area contributed by atoms with Crippen LogP contribution < -0.4 is 0 Å². The van der Waals surface area contributed by atoms with Crippen LogP contribution in [0.15, 0.2) is 22.7 Å². The average Bonchev–Trinajstić information content (AvgIpc) is 2.21. The van der Waals surface area contributed by atoms with E-state index in [1.165, 1.54) is 6.07 Å². The lowest BCUT2D eigenvalue weighted by molar-refractivity contribution is -0.153. The Morgan fingerprint density at radius 2 is 2.33 bits per heavy atom. The topological polar surface area (TPSA) is 46.5 Å². The first-order chi connectivity index (χ1) is 7.06. The predicted octanol–water partition coefficient (Wildman–Crippen LogP) is 2.70. The van der Waals surface area contributed by atoms with Crippen LogP contribution in [0.5, 0.6) is 0 Å². The highest BCUT2D eigenvalue weighted by atomic mass is 79.9. The van der Waals surface area contributed by atoms with Gasteiger partial charge in [-0.05, 0) is 40.5 Å². The van der Waals surface area contributed by atoms with Crippen LogP contribution in [0.2, 0.25) is 5.02 Å². The zero-order valence-corrected chi connectivity index (χ0v) is 10.4. The van der Waals surface area contributed by atoms with E-state index in [9.17, 15) is 9.90 Å². The number of benzene rings is 1. The van der Waals surface area contributed by atoms with Gasteiger partial charge >= 0.3 is 5.97 Å². The van der Waals surface area contributed by atoms with Crippen LogP contribution in [0.3, 0.4) is 0 Å². The largest absolute Gasteiger partial charge is 0.464 e. The molecule has 5 heteroatoms. The molecule has 0 aromatic heterocycles. The molecule has 0 aliphatic heterocycles. The lowest BCUT2D eigenvalue weighted by Crippen LogP contribution is -2.15. The van der Waals surface area contributed by atoms with Crippen LogP contribution in [0.25, 0.3) is 0 Å². The molecule has 1 aromatic carbocycles. The highest BCUT2D eigenvalue weighted by Gasteiger charge is 2.18. The van der Waals surface area contributed by atoms with Gasteiger partial charge < -0.3 is 9.84 Å². The molecule has 82 valence electrons. The molecule has 1 rings (SSSR count). The standard InChI is InChI=1S/C10H10BrClO3/c1-2-15-10(14)9(13)6-3-4-7(11)8(12)5-6/h3-5,9,13H,2H2,1H3. The summed E-state index contributed by atoms with van der Waals surface area (Å²) in [5, 5.41) is 10.0. The number of ether oxygens (including phenoxy) is 1. The molecule has 0 spiro atoms. The minimum absolute atomic E-state index is 0.236. The third-order valence-electron chi connectivity index (χ3n) is 1.77. The van der Waals surface area contributed by atoms with E-state index < -0.39 is 12.1 Å². The summed E-state index contributed by atoms with van der Waals surface area (Å²) in [6, 6.07) is 4.80. The fourth-order valence-corrected chi connectivity index (χ4v) is 1.48. The summed E-state index contributed by atoms with van der Waals surface area (Å²) in [5.74, 6) is -0.670. The van der Waals surface area contributed by atoms with E-state index in [0.717, 1.165) is 0 Å². The predicted molar refractivity (Wildman–Crippen MR) is 60.7 cm³/mol. The molecular formula is C10H10BrClO3. The van der Waals surface area contributed by atoms with Crippen LogP contribution in [-0.4, -0.2) is 17.7 Å². The van der Waals surface area contributed by atoms with Gasteiger partial charge in [-0.15, -0.1) is 0 Å². The summed E-state index contributed by atoms with van der Waals surface area (Å²) in [6.07, 6.45) is -1.28. The molecular weight excluding hydrogens is 283 g/mol. The van der Waals surface area contributed by atoms with Crippen LogP contribution in [-0.2, 0) is 9.53 Å². The molecule has 15 heavy (non-hydrogen) atoms. The molecule has 0 heterocycles. The molecule has 0 fully saturated rings. The van der Waals surface area contributed by atoms with Crippen molar-refractivity contribution in [2.45, 2.75) is 13.0 Å². The number of hydrogen-bond acceptors (Lipinski definition) is 3. The highest BCUT2D eigenvalue weighted by molar-refractivity contribution is 9.10. The normalized spacial score (nSPS) is 12.3. The number of aliphatic hydroxyl groups excluding tert-OH is 1. The Labute approximate surface area is 101 Å². The Morgan fingerprint density at radius 3 is 2.87 bits per heavy atom. The van der Waals surface area contributed by atoms with Crippen molar-refractivity contribution in [1.82, 2.24) is 0 Å². The van der Waals surface area contributed by atoms with Gasteiger partial charge in [0.1, 0.15) is 0 Å². The Bertz CT molecular complexity index is 368. The van der Waals surface area contributed by atoms with Crippen LogP contribution in [0.4, 0.5) is 0 Å². The summed E-state index contributed by atoms with van der Waals surface area (Å²) in [4.78, 5) is 11.2. The molecule has 1 atom stereocenters. The quantitative estimate of drug-likeness (QED) is 0.872. The first-order valence-corrected chi connectivity index (χ1v) is 5.53. The zero-order chi connectivity index (χ0) is 11.4. The monoisotopic (exact) mass is 292 g/mol. The van der Waals surface area contributed by atoms with Gasteiger partial charge in [-0.2, -0.15) is 0 Å². The lowest BCUT2D eigenvalue weighted by Gasteiger charge is -2.10. The second kappa shape index (κ2) is 5.49. The van der Waals surface area contributed by atoms with Crippen molar-refractivity contribution in [3.63, 3.8) is 0 Å². The molecule has 0 radical (unpaired) electrons. The van der Waals surface area contributed by atoms with Gasteiger partial charge in [0.15, 0.2) is 6.10 Å². The number of carbonyl (C=O) groups is 1. The van der Waals surface area contributed by atoms with Crippen molar-refractivity contribution in [3.8, 4) is 0 Å². The smallest absolute Gasteiger partial charge is 0.339 e. The van der Waals surface area contributed by atoms with Crippen LogP contribution in [0.1, 0.15) is 18.6 Å². The molecule has 1 unspecified atom stereocenters. The summed E-state index contributed by atoms with van der Waals surface area (Å²) < 4.78 is 5.40. The Balaban J connectivity index is 2.86. The lowest BCUT2D eigenvalue weighted by atomic mass is 10.1. The van der Waals surface area contributed by atoms with Crippen molar-refractivity contribution < 1.29 is 14.6 Å². The van der Waals surface area contributed by atoms with Crippen LogP contribution >= 0.6 is 27.5 Å². The van der Waals surface area contributed by atoms with E-state index in [4.69, 9.17) is 11.6 Å². The zero-order valence-electron chi connectivity index (χ0n) is 8.04. The molecule has 1 N–H and O–H groups in total. The maximum atomic E-state index is 11.2. The number of halogens is 2. The van der Waals surface area contributed by atoms with Crippen LogP contribution in [0, 0.1) is 0 Å². The van der Waals surface area contributed by atoms with Gasteiger partial charge in [0.05, 0.1) is 11.6 Å². The van der Waals surface area contributed by atoms with E-state index >= 15 is 0 Å². The average molecular weight is 294 g/mol. The molecule has 0 amide bonds. The second-order valence-electron chi connectivity index (χ2n) is 2.83. The first-order valence-electron chi connectivity index (χ1n) is 4.36. The number of rotatable bonds is 3. The van der Waals surface area contributed by atoms with Crippen molar-refractivity contribution in [2.75, 3.05) is 6.61 Å². The van der Waals surface area contributed by atoms with E-state index in [1.807, 2.05) is 0 Å². The van der Waals surface area contributed by atoms with Crippen molar-refractivity contribution >= 4 is 33.5 Å². The Hall–Kier alpha value is -0.580. The minimum Gasteiger partial charge on any atom is -0.464 e. The van der Waals surface area contributed by atoms with Gasteiger partial charge in [0, 0.05) is 4.47 Å². The Kier molecular flexibility index (Phi) is 4.57. The van der Waals surface area contributed by atoms with Gasteiger partial charge in [0.2, 0.25) is 0 Å². The SMILES string of the molecule is CCOC(=O)C(O)c1ccc(Br)c(Cl)c1. The summed E-state index contributed by atoms with van der Waals surface area (Å²) in [7, 11) is 0. The fourth-order valence-electron chi connectivity index (χ4n) is 1.04. The summed E-state index contributed by atoms with van der Waals surface area (Å²) in [5.41, 5.74) is 0.418. The van der Waals surface area contributed by atoms with Gasteiger partial charge in [0.25, 0.3) is 0 Å². The number of carbonyl (C=O) groups excluding carboxylic acids is 1. The number of esters is 1. The maximum Gasteiger partial charge on any atom is 0.339 e. The van der Waals surface area contributed by atoms with E-state index in [1.54, 1.807) is 19.1 Å². The van der Waals surface area contributed by atoms with Crippen molar-refractivity contribution in [2.24, 2.45) is 0 Å². The molecule has 0 aliphatic rings. The Morgan fingerprint density at radius 1 is 1.67 bits per heavy atom. The number of hydrogen-bond donors (Lipinski definition) is 1. The number of aliphatic hydroxyl groups is 1. The van der Waals surface area contributed by atoms with Gasteiger partial charge in [-0.25, -0.2) is 4.79 Å². The third-order valence-corrected chi connectivity index (χ3v) is 3.00. The van der Waals surface area contributed by atoms with E-state index in [0.29, 0.717) is 15.1 Å². The van der Waals surface area contributed by atoms with E-state index in [2.05, 4.69) is 20.7 Å². The molecule has 0 bridgehead atoms. The molecule has 0 aliphatic carbocycles. The minimum atomic E-state index is -1.28. The fraction of sp³-hybridized carbons (Fsp3) is 0.300. The van der Waals surface area contributed by atoms with Crippen molar-refractivity contribution in [1.29, 1.82) is 0 Å². The van der Waals surface area contributed by atoms with E-state index in [-0.39, 0.29) is 6.61 Å². The second-order valence-corrected chi connectivity index (χ2v) is 4.09. The maximum absolute atomic E-state index is 11.2. The highest BCUT2D eigenvalue weighted by Crippen LogP contribution is 2.26. The molecule has 1 aromatic rings. The van der Waals surface area contributed by atoms with Gasteiger partial charge in [-0.1, -0.05) is 17.7 Å².